The number of nitrogens with one attached hydrogen (secondary N) is 2. The number of piperazine rings is 1. The zero-order valence-corrected chi connectivity index (χ0v) is 16.2. The average molecular weight is 389 g/mol. The summed E-state index contributed by atoms with van der Waals surface area (Å²) in [7, 11) is 1.74. The molecule has 7 heteroatoms. The van der Waals surface area contributed by atoms with Crippen LogP contribution in [0.25, 0.3) is 0 Å². The molecule has 3 rings (SSSR count). The molecule has 27 heavy (non-hydrogen) atoms. The van der Waals surface area contributed by atoms with Gasteiger partial charge in [0.15, 0.2) is 0 Å². The van der Waals surface area contributed by atoms with Crippen LogP contribution < -0.4 is 15.5 Å². The van der Waals surface area contributed by atoms with Gasteiger partial charge in [-0.3, -0.25) is 4.90 Å². The van der Waals surface area contributed by atoms with E-state index in [2.05, 4.69) is 20.4 Å². The first kappa shape index (κ1) is 19.5. The first-order valence-electron chi connectivity index (χ1n) is 9.04. The lowest BCUT2D eigenvalue weighted by Gasteiger charge is -2.36. The van der Waals surface area contributed by atoms with Gasteiger partial charge in [0.1, 0.15) is 0 Å². The van der Waals surface area contributed by atoms with Crippen LogP contribution in [0.2, 0.25) is 5.02 Å². The quantitative estimate of drug-likeness (QED) is 0.791. The second kappa shape index (κ2) is 9.60. The van der Waals surface area contributed by atoms with Crippen LogP contribution in [-0.2, 0) is 4.74 Å². The minimum atomic E-state index is -0.295. The van der Waals surface area contributed by atoms with Gasteiger partial charge in [-0.15, -0.1) is 0 Å². The van der Waals surface area contributed by atoms with Gasteiger partial charge in [0.25, 0.3) is 0 Å². The van der Waals surface area contributed by atoms with E-state index in [9.17, 15) is 4.79 Å². The number of carbonyl (C=O) groups excluding carboxylic acids is 1. The lowest BCUT2D eigenvalue weighted by atomic mass is 10.2. The third kappa shape index (κ3) is 5.85. The van der Waals surface area contributed by atoms with Crippen LogP contribution in [0.1, 0.15) is 0 Å². The van der Waals surface area contributed by atoms with E-state index in [1.54, 1.807) is 31.4 Å². The Kier molecular flexibility index (Phi) is 6.92. The van der Waals surface area contributed by atoms with Gasteiger partial charge >= 0.3 is 6.03 Å². The third-order valence-electron chi connectivity index (χ3n) is 4.56. The van der Waals surface area contributed by atoms with Crippen molar-refractivity contribution in [2.24, 2.45) is 0 Å². The molecule has 0 saturated carbocycles. The summed E-state index contributed by atoms with van der Waals surface area (Å²) in [5.41, 5.74) is 2.57. The zero-order chi connectivity index (χ0) is 19.1. The van der Waals surface area contributed by atoms with Gasteiger partial charge in [-0.1, -0.05) is 17.7 Å². The number of urea groups is 1. The van der Waals surface area contributed by atoms with Gasteiger partial charge in [-0.05, 0) is 42.5 Å². The number of methoxy groups -OCH3 is 1. The summed E-state index contributed by atoms with van der Waals surface area (Å²) in [6, 6.07) is 14.7. The van der Waals surface area contributed by atoms with E-state index in [-0.39, 0.29) is 6.03 Å². The Morgan fingerprint density at radius 3 is 2.41 bits per heavy atom. The summed E-state index contributed by atoms with van der Waals surface area (Å²) in [4.78, 5) is 16.9. The molecular formula is C20H25ClN4O2. The lowest BCUT2D eigenvalue weighted by molar-refractivity contribution is 0.144. The fraction of sp³-hybridized carbons (Fsp3) is 0.350. The largest absolute Gasteiger partial charge is 0.383 e. The summed E-state index contributed by atoms with van der Waals surface area (Å²) < 4.78 is 5.14. The van der Waals surface area contributed by atoms with Gasteiger partial charge in [-0.25, -0.2) is 4.79 Å². The Balaban J connectivity index is 1.49. The van der Waals surface area contributed by atoms with Crippen molar-refractivity contribution < 1.29 is 9.53 Å². The zero-order valence-electron chi connectivity index (χ0n) is 15.5. The average Bonchev–Trinajstić information content (AvgIpc) is 2.67. The second-order valence-electron chi connectivity index (χ2n) is 6.46. The molecule has 6 nitrogen and oxygen atoms in total. The first-order valence-corrected chi connectivity index (χ1v) is 9.42. The molecule has 1 fully saturated rings. The molecule has 2 N–H and O–H groups in total. The Hall–Kier alpha value is -2.28. The highest BCUT2D eigenvalue weighted by Crippen LogP contribution is 2.20. The molecule has 0 atom stereocenters. The van der Waals surface area contributed by atoms with Crippen LogP contribution in [-0.4, -0.2) is 57.4 Å². The monoisotopic (exact) mass is 388 g/mol. The van der Waals surface area contributed by atoms with Crippen LogP contribution in [0.4, 0.5) is 21.9 Å². The first-order chi connectivity index (χ1) is 13.1. The van der Waals surface area contributed by atoms with E-state index in [0.717, 1.165) is 45.0 Å². The van der Waals surface area contributed by atoms with E-state index >= 15 is 0 Å². The van der Waals surface area contributed by atoms with E-state index in [4.69, 9.17) is 16.3 Å². The SMILES string of the molecule is COCCN1CCN(c2ccc(NC(=O)Nc3cccc(Cl)c3)cc2)CC1. The van der Waals surface area contributed by atoms with Crippen molar-refractivity contribution >= 4 is 34.7 Å². The van der Waals surface area contributed by atoms with Crippen LogP contribution in [0.15, 0.2) is 48.5 Å². The Labute approximate surface area is 165 Å². The molecule has 0 aromatic heterocycles. The van der Waals surface area contributed by atoms with Crippen LogP contribution >= 0.6 is 11.6 Å². The number of hydrogen-bond donors (Lipinski definition) is 2. The molecule has 2 amide bonds. The fourth-order valence-corrected chi connectivity index (χ4v) is 3.26. The number of rotatable bonds is 6. The molecule has 1 saturated heterocycles. The van der Waals surface area contributed by atoms with Crippen molar-refractivity contribution in [1.82, 2.24) is 4.90 Å². The van der Waals surface area contributed by atoms with Crippen molar-refractivity contribution in [1.29, 1.82) is 0 Å². The molecule has 1 aliphatic rings. The number of hydrogen-bond acceptors (Lipinski definition) is 4. The predicted molar refractivity (Wildman–Crippen MR) is 111 cm³/mol. The van der Waals surface area contributed by atoms with E-state index in [0.29, 0.717) is 10.7 Å². The molecular weight excluding hydrogens is 364 g/mol. The van der Waals surface area contributed by atoms with Crippen molar-refractivity contribution in [2.45, 2.75) is 0 Å². The topological polar surface area (TPSA) is 56.8 Å². The minimum absolute atomic E-state index is 0.295. The number of carbonyl (C=O) groups is 1. The van der Waals surface area contributed by atoms with Crippen molar-refractivity contribution in [3.8, 4) is 0 Å². The molecule has 0 spiro atoms. The number of nitrogens with zero attached hydrogens (tertiary/aromatic N) is 2. The van der Waals surface area contributed by atoms with Crippen molar-refractivity contribution in [3.05, 3.63) is 53.6 Å². The lowest BCUT2D eigenvalue weighted by Crippen LogP contribution is -2.47. The number of benzene rings is 2. The molecule has 1 aliphatic heterocycles. The van der Waals surface area contributed by atoms with Crippen LogP contribution in [0.3, 0.4) is 0 Å². The second-order valence-corrected chi connectivity index (χ2v) is 6.89. The van der Waals surface area contributed by atoms with E-state index < -0.39 is 0 Å². The molecule has 2 aromatic carbocycles. The molecule has 144 valence electrons. The predicted octanol–water partition coefficient (Wildman–Crippen LogP) is 3.75. The maximum absolute atomic E-state index is 12.1. The van der Waals surface area contributed by atoms with Crippen molar-refractivity contribution in [3.63, 3.8) is 0 Å². The van der Waals surface area contributed by atoms with E-state index in [1.807, 2.05) is 24.3 Å². The van der Waals surface area contributed by atoms with Crippen LogP contribution in [0, 0.1) is 0 Å². The van der Waals surface area contributed by atoms with Gasteiger partial charge in [0.2, 0.25) is 0 Å². The molecule has 0 aliphatic carbocycles. The highest BCUT2D eigenvalue weighted by molar-refractivity contribution is 6.30. The fourth-order valence-electron chi connectivity index (χ4n) is 3.07. The van der Waals surface area contributed by atoms with Gasteiger partial charge in [0.05, 0.1) is 6.61 Å². The summed E-state index contributed by atoms with van der Waals surface area (Å²) in [6.45, 7) is 5.81. The van der Waals surface area contributed by atoms with Gasteiger partial charge < -0.3 is 20.3 Å². The van der Waals surface area contributed by atoms with Gasteiger partial charge in [-0.2, -0.15) is 0 Å². The van der Waals surface area contributed by atoms with Crippen molar-refractivity contribution in [2.75, 3.05) is 62.0 Å². The summed E-state index contributed by atoms with van der Waals surface area (Å²) in [5, 5.41) is 6.19. The van der Waals surface area contributed by atoms with E-state index in [1.165, 1.54) is 5.69 Å². The number of anilines is 3. The number of ether oxygens (including phenoxy) is 1. The highest BCUT2D eigenvalue weighted by atomic mass is 35.5. The summed E-state index contributed by atoms with van der Waals surface area (Å²) >= 11 is 5.93. The summed E-state index contributed by atoms with van der Waals surface area (Å²) in [6.07, 6.45) is 0. The Bertz CT molecular complexity index is 746. The smallest absolute Gasteiger partial charge is 0.323 e. The number of halogens is 1. The molecule has 0 radical (unpaired) electrons. The van der Waals surface area contributed by atoms with Gasteiger partial charge in [0, 0.05) is 61.9 Å². The molecule has 1 heterocycles. The summed E-state index contributed by atoms with van der Waals surface area (Å²) in [5.74, 6) is 0. The third-order valence-corrected chi connectivity index (χ3v) is 4.79. The molecule has 0 bridgehead atoms. The maximum Gasteiger partial charge on any atom is 0.323 e. The molecule has 0 unspecified atom stereocenters. The standard InChI is InChI=1S/C20H25ClN4O2/c1-27-14-13-24-9-11-25(12-10-24)19-7-5-17(6-8-19)22-20(26)23-18-4-2-3-16(21)15-18/h2-8,15H,9-14H2,1H3,(H2,22,23,26). The minimum Gasteiger partial charge on any atom is -0.383 e. The maximum atomic E-state index is 12.1. The highest BCUT2D eigenvalue weighted by Gasteiger charge is 2.16. The number of amides is 2. The normalized spacial score (nSPS) is 14.8. The Morgan fingerprint density at radius 1 is 1.04 bits per heavy atom. The Morgan fingerprint density at radius 2 is 1.74 bits per heavy atom. The molecule has 2 aromatic rings. The van der Waals surface area contributed by atoms with Crippen LogP contribution in [0.5, 0.6) is 0 Å².